The van der Waals surface area contributed by atoms with Gasteiger partial charge >= 0.3 is 0 Å². The lowest BCUT2D eigenvalue weighted by Gasteiger charge is -2.22. The summed E-state index contributed by atoms with van der Waals surface area (Å²) in [6, 6.07) is 8.27. The maximum atomic E-state index is 10.2. The molecular weight excluding hydrogens is 174 g/mol. The molecule has 1 aliphatic rings. The van der Waals surface area contributed by atoms with Crippen LogP contribution in [0.3, 0.4) is 0 Å². The smallest absolute Gasteiger partial charge is 0.0823 e. The molecule has 0 aliphatic carbocycles. The molecule has 1 aliphatic heterocycles. The Hall–Kier alpha value is -0.860. The third-order valence-corrected chi connectivity index (χ3v) is 3.00. The summed E-state index contributed by atoms with van der Waals surface area (Å²) in [6.07, 6.45) is 1.63. The number of β-amino-alcohol motifs (C(OH)–C–C–N with tert-alkyl or cyclic N) is 1. The molecule has 0 bridgehead atoms. The topological polar surface area (TPSA) is 32.3 Å². The number of hydrogen-bond donors (Lipinski definition) is 2. The average molecular weight is 191 g/mol. The minimum absolute atomic E-state index is 0.522. The standard InChI is InChI=1S/C12H17NO/c1-10-4-2-3-5-11(10)8-12(14)6-7-13-9-12/h2-5,13-14H,6-9H2,1H3. The zero-order valence-electron chi connectivity index (χ0n) is 8.59. The van der Waals surface area contributed by atoms with Gasteiger partial charge < -0.3 is 10.4 Å². The van der Waals surface area contributed by atoms with Crippen molar-refractivity contribution < 1.29 is 5.11 Å². The molecule has 0 saturated carbocycles. The van der Waals surface area contributed by atoms with Crippen molar-refractivity contribution in [1.29, 1.82) is 0 Å². The molecule has 1 aromatic rings. The Morgan fingerprint density at radius 1 is 1.43 bits per heavy atom. The summed E-state index contributed by atoms with van der Waals surface area (Å²) in [5.41, 5.74) is 2.01. The van der Waals surface area contributed by atoms with Crippen molar-refractivity contribution in [3.05, 3.63) is 35.4 Å². The fraction of sp³-hybridized carbons (Fsp3) is 0.500. The lowest BCUT2D eigenvalue weighted by atomic mass is 9.91. The molecule has 2 rings (SSSR count). The zero-order valence-corrected chi connectivity index (χ0v) is 8.59. The molecule has 2 N–H and O–H groups in total. The Balaban J connectivity index is 2.14. The highest BCUT2D eigenvalue weighted by Crippen LogP contribution is 2.21. The van der Waals surface area contributed by atoms with Gasteiger partial charge in [0.05, 0.1) is 5.60 Å². The van der Waals surface area contributed by atoms with Crippen molar-refractivity contribution >= 4 is 0 Å². The Bertz CT molecular complexity index is 316. The fourth-order valence-corrected chi connectivity index (χ4v) is 2.04. The largest absolute Gasteiger partial charge is 0.388 e. The van der Waals surface area contributed by atoms with Crippen molar-refractivity contribution in [3.63, 3.8) is 0 Å². The van der Waals surface area contributed by atoms with Crippen LogP contribution in [0, 0.1) is 6.92 Å². The van der Waals surface area contributed by atoms with E-state index in [2.05, 4.69) is 24.4 Å². The molecule has 2 heteroatoms. The number of nitrogens with one attached hydrogen (secondary N) is 1. The maximum Gasteiger partial charge on any atom is 0.0823 e. The lowest BCUT2D eigenvalue weighted by molar-refractivity contribution is 0.0617. The highest BCUT2D eigenvalue weighted by atomic mass is 16.3. The first kappa shape index (κ1) is 9.69. The third-order valence-electron chi connectivity index (χ3n) is 3.00. The van der Waals surface area contributed by atoms with Crippen molar-refractivity contribution in [2.75, 3.05) is 13.1 Å². The second-order valence-electron chi connectivity index (χ2n) is 4.25. The molecule has 0 aromatic heterocycles. The minimum Gasteiger partial charge on any atom is -0.388 e. The van der Waals surface area contributed by atoms with Crippen LogP contribution in [0.4, 0.5) is 0 Å². The van der Waals surface area contributed by atoms with Crippen LogP contribution in [0.15, 0.2) is 24.3 Å². The highest BCUT2D eigenvalue weighted by Gasteiger charge is 2.31. The van der Waals surface area contributed by atoms with Crippen molar-refractivity contribution in [2.24, 2.45) is 0 Å². The summed E-state index contributed by atoms with van der Waals surface area (Å²) in [5, 5.41) is 13.4. The first-order valence-corrected chi connectivity index (χ1v) is 5.17. The van der Waals surface area contributed by atoms with Gasteiger partial charge in [-0.05, 0) is 31.0 Å². The normalized spacial score (nSPS) is 26.7. The van der Waals surface area contributed by atoms with Crippen molar-refractivity contribution in [2.45, 2.75) is 25.4 Å². The zero-order chi connectivity index (χ0) is 10.0. The second-order valence-corrected chi connectivity index (χ2v) is 4.25. The van der Waals surface area contributed by atoms with Gasteiger partial charge in [0.2, 0.25) is 0 Å². The summed E-state index contributed by atoms with van der Waals surface area (Å²) >= 11 is 0. The van der Waals surface area contributed by atoms with Crippen LogP contribution in [-0.2, 0) is 6.42 Å². The number of aliphatic hydroxyl groups is 1. The molecule has 1 heterocycles. The summed E-state index contributed by atoms with van der Waals surface area (Å²) in [6.45, 7) is 3.75. The fourth-order valence-electron chi connectivity index (χ4n) is 2.04. The van der Waals surface area contributed by atoms with Crippen LogP contribution in [-0.4, -0.2) is 23.8 Å². The minimum atomic E-state index is -0.522. The second kappa shape index (κ2) is 3.71. The highest BCUT2D eigenvalue weighted by molar-refractivity contribution is 5.27. The molecule has 1 aromatic carbocycles. The summed E-state index contributed by atoms with van der Waals surface area (Å²) in [4.78, 5) is 0. The quantitative estimate of drug-likeness (QED) is 0.737. The number of benzene rings is 1. The Morgan fingerprint density at radius 3 is 2.86 bits per heavy atom. The van der Waals surface area contributed by atoms with Gasteiger partial charge in [0, 0.05) is 13.0 Å². The molecule has 1 saturated heterocycles. The van der Waals surface area contributed by atoms with Gasteiger partial charge in [0.15, 0.2) is 0 Å². The summed E-state index contributed by atoms with van der Waals surface area (Å²) < 4.78 is 0. The first-order valence-electron chi connectivity index (χ1n) is 5.17. The van der Waals surface area contributed by atoms with Crippen LogP contribution >= 0.6 is 0 Å². The molecule has 2 nitrogen and oxygen atoms in total. The monoisotopic (exact) mass is 191 g/mol. The average Bonchev–Trinajstić information content (AvgIpc) is 2.57. The Labute approximate surface area is 85.0 Å². The van der Waals surface area contributed by atoms with E-state index in [1.165, 1.54) is 11.1 Å². The third kappa shape index (κ3) is 1.97. The van der Waals surface area contributed by atoms with E-state index in [1.807, 2.05) is 12.1 Å². The van der Waals surface area contributed by atoms with Crippen molar-refractivity contribution in [1.82, 2.24) is 5.32 Å². The molecule has 0 amide bonds. The molecule has 0 radical (unpaired) electrons. The van der Waals surface area contributed by atoms with Crippen LogP contribution in [0.1, 0.15) is 17.5 Å². The van der Waals surface area contributed by atoms with E-state index in [0.29, 0.717) is 0 Å². The molecule has 1 unspecified atom stereocenters. The maximum absolute atomic E-state index is 10.2. The lowest BCUT2D eigenvalue weighted by Crippen LogP contribution is -2.34. The van der Waals surface area contributed by atoms with E-state index in [-0.39, 0.29) is 0 Å². The van der Waals surface area contributed by atoms with Gasteiger partial charge in [-0.15, -0.1) is 0 Å². The predicted octanol–water partition coefficient (Wildman–Crippen LogP) is 1.26. The van der Waals surface area contributed by atoms with Gasteiger partial charge in [-0.25, -0.2) is 0 Å². The van der Waals surface area contributed by atoms with Crippen LogP contribution < -0.4 is 5.32 Å². The van der Waals surface area contributed by atoms with E-state index in [9.17, 15) is 5.11 Å². The summed E-state index contributed by atoms with van der Waals surface area (Å²) in [5.74, 6) is 0. The van der Waals surface area contributed by atoms with Crippen LogP contribution in [0.25, 0.3) is 0 Å². The van der Waals surface area contributed by atoms with E-state index in [1.54, 1.807) is 0 Å². The first-order chi connectivity index (χ1) is 6.70. The number of rotatable bonds is 2. The molecular formula is C12H17NO. The van der Waals surface area contributed by atoms with Crippen LogP contribution in [0.2, 0.25) is 0 Å². The molecule has 1 atom stereocenters. The van der Waals surface area contributed by atoms with E-state index >= 15 is 0 Å². The molecule has 1 fully saturated rings. The van der Waals surface area contributed by atoms with Gasteiger partial charge in [0.25, 0.3) is 0 Å². The summed E-state index contributed by atoms with van der Waals surface area (Å²) in [7, 11) is 0. The molecule has 76 valence electrons. The van der Waals surface area contributed by atoms with Gasteiger partial charge in [0.1, 0.15) is 0 Å². The van der Waals surface area contributed by atoms with E-state index < -0.39 is 5.60 Å². The van der Waals surface area contributed by atoms with E-state index in [0.717, 1.165) is 25.9 Å². The van der Waals surface area contributed by atoms with Gasteiger partial charge in [-0.3, -0.25) is 0 Å². The van der Waals surface area contributed by atoms with Crippen molar-refractivity contribution in [3.8, 4) is 0 Å². The Morgan fingerprint density at radius 2 is 2.21 bits per heavy atom. The predicted molar refractivity (Wildman–Crippen MR) is 57.3 cm³/mol. The van der Waals surface area contributed by atoms with Gasteiger partial charge in [-0.1, -0.05) is 24.3 Å². The Kier molecular flexibility index (Phi) is 2.57. The van der Waals surface area contributed by atoms with Gasteiger partial charge in [-0.2, -0.15) is 0 Å². The number of aryl methyl sites for hydroxylation is 1. The molecule has 14 heavy (non-hydrogen) atoms. The van der Waals surface area contributed by atoms with E-state index in [4.69, 9.17) is 0 Å². The van der Waals surface area contributed by atoms with Crippen LogP contribution in [0.5, 0.6) is 0 Å². The SMILES string of the molecule is Cc1ccccc1CC1(O)CCNC1. The number of hydrogen-bond acceptors (Lipinski definition) is 2. The molecule has 0 spiro atoms.